The van der Waals surface area contributed by atoms with Crippen LogP contribution in [0.1, 0.15) is 49.1 Å². The molecule has 10 heteroatoms. The molecule has 1 aliphatic heterocycles. The van der Waals surface area contributed by atoms with E-state index in [2.05, 4.69) is 15.9 Å². The smallest absolute Gasteiger partial charge is 0.188 e. The highest BCUT2D eigenvalue weighted by molar-refractivity contribution is 9.10. The number of benzene rings is 2. The Morgan fingerprint density at radius 3 is 2.32 bits per heavy atom. The summed E-state index contributed by atoms with van der Waals surface area (Å²) in [7, 11) is 4.71. The highest BCUT2D eigenvalue weighted by atomic mass is 79.9. The van der Waals surface area contributed by atoms with Crippen LogP contribution in [0.4, 0.5) is 0 Å². The fourth-order valence-corrected chi connectivity index (χ4v) is 5.02. The third kappa shape index (κ3) is 7.81. The second kappa shape index (κ2) is 14.5. The van der Waals surface area contributed by atoms with Crippen LogP contribution in [0.5, 0.6) is 17.2 Å². The van der Waals surface area contributed by atoms with Crippen LogP contribution >= 0.6 is 15.9 Å². The van der Waals surface area contributed by atoms with Gasteiger partial charge in [0.25, 0.3) is 0 Å². The van der Waals surface area contributed by atoms with Crippen molar-refractivity contribution in [3.05, 3.63) is 51.0 Å². The van der Waals surface area contributed by atoms with Gasteiger partial charge in [0, 0.05) is 25.8 Å². The van der Waals surface area contributed by atoms with Crippen molar-refractivity contribution in [2.75, 3.05) is 54.7 Å². The maximum Gasteiger partial charge on any atom is 0.188 e. The molecule has 0 saturated carbocycles. The normalized spacial score (nSPS) is 17.4. The first-order valence-corrected chi connectivity index (χ1v) is 13.4. The number of hydrogen-bond acceptors (Lipinski definition) is 9. The van der Waals surface area contributed by atoms with Crippen LogP contribution in [0.25, 0.3) is 0 Å². The van der Waals surface area contributed by atoms with E-state index < -0.39 is 11.9 Å². The molecule has 0 amide bonds. The Hall–Kier alpha value is -1.92. The van der Waals surface area contributed by atoms with Crippen molar-refractivity contribution in [2.24, 2.45) is 0 Å². The lowest BCUT2D eigenvalue weighted by Gasteiger charge is -2.25. The van der Waals surface area contributed by atoms with Crippen molar-refractivity contribution in [3.63, 3.8) is 0 Å². The molecular formula is C28H39BrO9. The van der Waals surface area contributed by atoms with Gasteiger partial charge in [0.05, 0.1) is 31.4 Å². The van der Waals surface area contributed by atoms with E-state index in [4.69, 9.17) is 37.9 Å². The monoisotopic (exact) mass is 598 g/mol. The number of methoxy groups -OCH3 is 3. The minimum atomic E-state index is -0.992. The summed E-state index contributed by atoms with van der Waals surface area (Å²) in [5, 5.41) is 11.7. The summed E-state index contributed by atoms with van der Waals surface area (Å²) in [5.74, 6) is 1.15. The lowest BCUT2D eigenvalue weighted by Crippen LogP contribution is -2.24. The topological polar surface area (TPSA) is 94.1 Å². The second-order valence-corrected chi connectivity index (χ2v) is 10.1. The summed E-state index contributed by atoms with van der Waals surface area (Å²) in [5.41, 5.74) is 3.13. The molecule has 212 valence electrons. The van der Waals surface area contributed by atoms with E-state index >= 15 is 0 Å². The first kappa shape index (κ1) is 30.6. The molecule has 1 fully saturated rings. The highest BCUT2D eigenvalue weighted by Crippen LogP contribution is 2.42. The fraction of sp³-hybridized carbons (Fsp3) is 0.571. The molecule has 1 heterocycles. The van der Waals surface area contributed by atoms with Gasteiger partial charge in [-0.3, -0.25) is 0 Å². The predicted molar refractivity (Wildman–Crippen MR) is 145 cm³/mol. The van der Waals surface area contributed by atoms with Crippen LogP contribution in [-0.2, 0) is 36.5 Å². The van der Waals surface area contributed by atoms with E-state index in [1.54, 1.807) is 27.4 Å². The summed E-state index contributed by atoms with van der Waals surface area (Å²) < 4.78 is 45.8. The van der Waals surface area contributed by atoms with Crippen LogP contribution in [-0.4, -0.2) is 71.7 Å². The molecule has 9 nitrogen and oxygen atoms in total. The molecule has 1 N–H and O–H groups in total. The van der Waals surface area contributed by atoms with Crippen LogP contribution in [0.15, 0.2) is 28.7 Å². The molecule has 0 spiro atoms. The third-order valence-corrected chi connectivity index (χ3v) is 6.78. The highest BCUT2D eigenvalue weighted by Gasteiger charge is 2.33. The number of aliphatic hydroxyl groups is 1. The van der Waals surface area contributed by atoms with Crippen LogP contribution in [0.3, 0.4) is 0 Å². The van der Waals surface area contributed by atoms with Gasteiger partial charge in [0.2, 0.25) is 0 Å². The molecule has 0 aromatic heterocycles. The maximum absolute atomic E-state index is 11.7. The standard InChI is InChI=1S/C28H39BrO9/c1-7-20-21(10-11-34-14-19-15-37-28(2,3)38-19)26(25(36-17-32-5)13-24(20)35-16-31-4)27(30)18-8-9-23(33-6)22(29)12-18/h8-9,12-13,19,27,30H,7,10-11,14-17H2,1-6H3. The van der Waals surface area contributed by atoms with E-state index in [0.29, 0.717) is 61.0 Å². The molecule has 2 aromatic carbocycles. The molecular weight excluding hydrogens is 560 g/mol. The summed E-state index contributed by atoms with van der Waals surface area (Å²) in [6, 6.07) is 7.26. The van der Waals surface area contributed by atoms with E-state index in [-0.39, 0.29) is 19.7 Å². The molecule has 2 unspecified atom stereocenters. The van der Waals surface area contributed by atoms with Gasteiger partial charge in [-0.1, -0.05) is 13.0 Å². The largest absolute Gasteiger partial charge is 0.496 e. The molecule has 0 bridgehead atoms. The number of halogens is 1. The Labute approximate surface area is 233 Å². The SMILES string of the molecule is CCc1c(OCOC)cc(OCOC)c(C(O)c2ccc(OC)c(Br)c2)c1CCOCC1COC(C)(C)O1. The Balaban J connectivity index is 1.98. The molecule has 0 aliphatic carbocycles. The lowest BCUT2D eigenvalue weighted by atomic mass is 9.89. The van der Waals surface area contributed by atoms with Gasteiger partial charge in [-0.15, -0.1) is 0 Å². The average Bonchev–Trinajstić information content (AvgIpc) is 3.26. The third-order valence-electron chi connectivity index (χ3n) is 6.17. The quantitative estimate of drug-likeness (QED) is 0.229. The van der Waals surface area contributed by atoms with Gasteiger partial charge in [-0.25, -0.2) is 0 Å². The average molecular weight is 600 g/mol. The molecule has 1 saturated heterocycles. The summed E-state index contributed by atoms with van der Waals surface area (Å²) >= 11 is 3.52. The second-order valence-electron chi connectivity index (χ2n) is 9.27. The van der Waals surface area contributed by atoms with Crippen molar-refractivity contribution in [2.45, 2.75) is 51.6 Å². The number of ether oxygens (including phenoxy) is 8. The molecule has 2 aromatic rings. The van der Waals surface area contributed by atoms with Crippen molar-refractivity contribution in [1.29, 1.82) is 0 Å². The minimum Gasteiger partial charge on any atom is -0.496 e. The number of aliphatic hydroxyl groups excluding tert-OH is 1. The molecule has 38 heavy (non-hydrogen) atoms. The van der Waals surface area contributed by atoms with Gasteiger partial charge < -0.3 is 43.0 Å². The van der Waals surface area contributed by atoms with Gasteiger partial charge in [-0.05, 0) is 71.4 Å². The molecule has 2 atom stereocenters. The van der Waals surface area contributed by atoms with Gasteiger partial charge in [-0.2, -0.15) is 0 Å². The minimum absolute atomic E-state index is 0.00591. The van der Waals surface area contributed by atoms with E-state index in [1.165, 1.54) is 0 Å². The van der Waals surface area contributed by atoms with E-state index in [9.17, 15) is 5.11 Å². The fourth-order valence-electron chi connectivity index (χ4n) is 4.46. The van der Waals surface area contributed by atoms with Gasteiger partial charge >= 0.3 is 0 Å². The Bertz CT molecular complexity index is 1040. The van der Waals surface area contributed by atoms with Gasteiger partial charge in [0.15, 0.2) is 19.4 Å². The van der Waals surface area contributed by atoms with Crippen LogP contribution < -0.4 is 14.2 Å². The first-order chi connectivity index (χ1) is 18.2. The van der Waals surface area contributed by atoms with E-state index in [1.807, 2.05) is 39.0 Å². The lowest BCUT2D eigenvalue weighted by molar-refractivity contribution is -0.144. The Kier molecular flexibility index (Phi) is 11.7. The molecule has 0 radical (unpaired) electrons. The van der Waals surface area contributed by atoms with Crippen molar-refractivity contribution < 1.29 is 43.0 Å². The zero-order valence-electron chi connectivity index (χ0n) is 23.0. The van der Waals surface area contributed by atoms with E-state index in [0.717, 1.165) is 15.6 Å². The Morgan fingerprint density at radius 2 is 1.74 bits per heavy atom. The molecule has 3 rings (SSSR count). The molecule has 1 aliphatic rings. The van der Waals surface area contributed by atoms with Crippen molar-refractivity contribution >= 4 is 15.9 Å². The summed E-state index contributed by atoms with van der Waals surface area (Å²) in [6.45, 7) is 7.19. The van der Waals surface area contributed by atoms with Crippen LogP contribution in [0, 0.1) is 0 Å². The number of rotatable bonds is 15. The Morgan fingerprint density at radius 1 is 1.03 bits per heavy atom. The van der Waals surface area contributed by atoms with Crippen LogP contribution in [0.2, 0.25) is 0 Å². The van der Waals surface area contributed by atoms with Gasteiger partial charge in [0.1, 0.15) is 29.5 Å². The first-order valence-electron chi connectivity index (χ1n) is 12.6. The predicted octanol–water partition coefficient (Wildman–Crippen LogP) is 4.78. The van der Waals surface area contributed by atoms with Crippen molar-refractivity contribution in [3.8, 4) is 17.2 Å². The maximum atomic E-state index is 11.7. The summed E-state index contributed by atoms with van der Waals surface area (Å²) in [6.07, 6.45) is 0.0540. The summed E-state index contributed by atoms with van der Waals surface area (Å²) in [4.78, 5) is 0. The zero-order valence-corrected chi connectivity index (χ0v) is 24.6. The zero-order chi connectivity index (χ0) is 27.7. The van der Waals surface area contributed by atoms with Crippen molar-refractivity contribution in [1.82, 2.24) is 0 Å². The number of hydrogen-bond donors (Lipinski definition) is 1.